The van der Waals surface area contributed by atoms with Gasteiger partial charge in [-0.15, -0.1) is 0 Å². The van der Waals surface area contributed by atoms with E-state index in [1.807, 2.05) is 36.5 Å². The van der Waals surface area contributed by atoms with Crippen LogP contribution in [0.1, 0.15) is 5.56 Å². The highest BCUT2D eigenvalue weighted by Crippen LogP contribution is 2.33. The number of pyridine rings is 1. The van der Waals surface area contributed by atoms with Gasteiger partial charge in [0.2, 0.25) is 0 Å². The van der Waals surface area contributed by atoms with Gasteiger partial charge in [0, 0.05) is 30.0 Å². The van der Waals surface area contributed by atoms with Crippen LogP contribution in [0.4, 0.5) is 5.69 Å². The van der Waals surface area contributed by atoms with Gasteiger partial charge in [0.05, 0.1) is 8.95 Å². The summed E-state index contributed by atoms with van der Waals surface area (Å²) in [5, 5.41) is 15.4. The summed E-state index contributed by atoms with van der Waals surface area (Å²) < 4.78 is 1.35. The summed E-state index contributed by atoms with van der Waals surface area (Å²) in [6.07, 6.45) is 3.65. The Labute approximate surface area is 139 Å². The average molecular weight is 408 g/mol. The second-order valence-corrected chi connectivity index (χ2v) is 6.37. The molecule has 0 radical (unpaired) electrons. The highest BCUT2D eigenvalue weighted by atomic mass is 79.9. The van der Waals surface area contributed by atoms with E-state index in [-0.39, 0.29) is 5.75 Å². The highest BCUT2D eigenvalue weighted by Gasteiger charge is 2.06. The van der Waals surface area contributed by atoms with Crippen LogP contribution in [-0.4, -0.2) is 10.1 Å². The van der Waals surface area contributed by atoms with E-state index in [1.165, 1.54) is 0 Å². The van der Waals surface area contributed by atoms with E-state index in [1.54, 1.807) is 6.20 Å². The van der Waals surface area contributed by atoms with Gasteiger partial charge >= 0.3 is 0 Å². The fourth-order valence-corrected chi connectivity index (χ4v) is 3.47. The monoisotopic (exact) mass is 406 g/mol. The van der Waals surface area contributed by atoms with Gasteiger partial charge in [0.1, 0.15) is 5.75 Å². The van der Waals surface area contributed by atoms with E-state index in [2.05, 4.69) is 48.2 Å². The number of anilines is 1. The van der Waals surface area contributed by atoms with Crippen LogP contribution >= 0.6 is 31.9 Å². The molecule has 0 atom stereocenters. The van der Waals surface area contributed by atoms with Gasteiger partial charge in [-0.3, -0.25) is 4.98 Å². The Bertz CT molecular complexity index is 777. The number of aromatic hydroxyl groups is 1. The average Bonchev–Trinajstić information content (AvgIpc) is 2.50. The molecule has 106 valence electrons. The molecule has 2 N–H and O–H groups in total. The molecule has 3 rings (SSSR count). The topological polar surface area (TPSA) is 45.1 Å². The maximum atomic E-state index is 9.73. The van der Waals surface area contributed by atoms with Crippen molar-refractivity contribution >= 4 is 48.3 Å². The van der Waals surface area contributed by atoms with E-state index in [4.69, 9.17) is 0 Å². The summed E-state index contributed by atoms with van der Waals surface area (Å²) in [5.41, 5.74) is 2.10. The molecule has 0 spiro atoms. The lowest BCUT2D eigenvalue weighted by Crippen LogP contribution is -2.00. The third-order valence-electron chi connectivity index (χ3n) is 3.24. The number of benzene rings is 2. The fraction of sp³-hybridized carbons (Fsp3) is 0.0625. The van der Waals surface area contributed by atoms with Crippen LogP contribution in [0.15, 0.2) is 57.7 Å². The Morgan fingerprint density at radius 3 is 2.62 bits per heavy atom. The number of phenols is 1. The van der Waals surface area contributed by atoms with E-state index < -0.39 is 0 Å². The van der Waals surface area contributed by atoms with E-state index in [0.29, 0.717) is 15.5 Å². The molecular formula is C16H12Br2N2O. The molecule has 3 nitrogen and oxygen atoms in total. The zero-order valence-corrected chi connectivity index (χ0v) is 14.1. The molecule has 0 aliphatic heterocycles. The highest BCUT2D eigenvalue weighted by molar-refractivity contribution is 9.11. The zero-order chi connectivity index (χ0) is 14.8. The number of hydrogen-bond donors (Lipinski definition) is 2. The lowest BCUT2D eigenvalue weighted by atomic mass is 10.1. The zero-order valence-electron chi connectivity index (χ0n) is 11.0. The van der Waals surface area contributed by atoms with Gasteiger partial charge < -0.3 is 10.4 Å². The van der Waals surface area contributed by atoms with E-state index in [0.717, 1.165) is 22.0 Å². The molecular weight excluding hydrogens is 396 g/mol. The Kier molecular flexibility index (Phi) is 4.12. The summed E-state index contributed by atoms with van der Waals surface area (Å²) in [6.45, 7) is 0.658. The van der Waals surface area contributed by atoms with Gasteiger partial charge in [-0.25, -0.2) is 0 Å². The molecule has 0 saturated heterocycles. The van der Waals surface area contributed by atoms with Crippen LogP contribution in [0.5, 0.6) is 5.75 Å². The minimum absolute atomic E-state index is 0.216. The maximum Gasteiger partial charge on any atom is 0.143 e. The minimum atomic E-state index is 0.216. The molecule has 0 aliphatic carbocycles. The van der Waals surface area contributed by atoms with Crippen LogP contribution in [0.2, 0.25) is 0 Å². The van der Waals surface area contributed by atoms with Crippen LogP contribution in [-0.2, 0) is 6.54 Å². The number of phenolic OH excluding ortho intramolecular Hbond substituents is 1. The molecule has 3 aromatic rings. The van der Waals surface area contributed by atoms with Crippen molar-refractivity contribution < 1.29 is 5.11 Å². The molecule has 0 saturated carbocycles. The lowest BCUT2D eigenvalue weighted by molar-refractivity contribution is 0.468. The van der Waals surface area contributed by atoms with Gasteiger partial charge in [-0.1, -0.05) is 12.1 Å². The first-order chi connectivity index (χ1) is 10.1. The number of fused-ring (bicyclic) bond motifs is 1. The minimum Gasteiger partial charge on any atom is -0.506 e. The third-order valence-corrected chi connectivity index (χ3v) is 4.45. The molecule has 1 heterocycles. The molecule has 21 heavy (non-hydrogen) atoms. The number of nitrogens with one attached hydrogen (secondary N) is 1. The van der Waals surface area contributed by atoms with Gasteiger partial charge in [-0.2, -0.15) is 0 Å². The van der Waals surface area contributed by atoms with Crippen molar-refractivity contribution in [2.75, 3.05) is 5.32 Å². The van der Waals surface area contributed by atoms with Crippen molar-refractivity contribution in [3.05, 3.63) is 63.3 Å². The molecule has 0 amide bonds. The largest absolute Gasteiger partial charge is 0.506 e. The summed E-state index contributed by atoms with van der Waals surface area (Å²) in [4.78, 5) is 4.18. The second-order valence-electron chi connectivity index (χ2n) is 4.66. The maximum absolute atomic E-state index is 9.73. The molecule has 0 bridgehead atoms. The standard InChI is InChI=1S/C16H12Br2N2O/c17-13-6-10(7-14(18)16(13)21)8-20-15-3-1-2-11-4-5-19-9-12(11)15/h1-7,9,20-21H,8H2. The van der Waals surface area contributed by atoms with Crippen LogP contribution in [0.3, 0.4) is 0 Å². The Balaban J connectivity index is 1.87. The van der Waals surface area contributed by atoms with Crippen LogP contribution in [0.25, 0.3) is 10.8 Å². The van der Waals surface area contributed by atoms with Gasteiger partial charge in [-0.05, 0) is 67.1 Å². The smallest absolute Gasteiger partial charge is 0.143 e. The van der Waals surface area contributed by atoms with E-state index >= 15 is 0 Å². The first-order valence-corrected chi connectivity index (χ1v) is 7.97. The predicted molar refractivity (Wildman–Crippen MR) is 92.6 cm³/mol. The number of halogens is 2. The third kappa shape index (κ3) is 3.04. The predicted octanol–water partition coefficient (Wildman–Crippen LogP) is 5.08. The van der Waals surface area contributed by atoms with E-state index in [9.17, 15) is 5.11 Å². The molecule has 5 heteroatoms. The normalized spacial score (nSPS) is 10.8. The molecule has 0 fully saturated rings. The number of nitrogens with zero attached hydrogens (tertiary/aromatic N) is 1. The van der Waals surface area contributed by atoms with Crippen LogP contribution in [0, 0.1) is 0 Å². The Hall–Kier alpha value is -1.59. The summed E-state index contributed by atoms with van der Waals surface area (Å²) in [5.74, 6) is 0.216. The quantitative estimate of drug-likeness (QED) is 0.636. The first-order valence-electron chi connectivity index (χ1n) is 6.38. The van der Waals surface area contributed by atoms with Gasteiger partial charge in [0.15, 0.2) is 0 Å². The van der Waals surface area contributed by atoms with Crippen molar-refractivity contribution in [1.82, 2.24) is 4.98 Å². The number of aromatic nitrogens is 1. The van der Waals surface area contributed by atoms with Crippen molar-refractivity contribution in [1.29, 1.82) is 0 Å². The molecule has 1 aromatic heterocycles. The Morgan fingerprint density at radius 2 is 1.86 bits per heavy atom. The SMILES string of the molecule is Oc1c(Br)cc(CNc2cccc3ccncc23)cc1Br. The first kappa shape index (κ1) is 14.4. The van der Waals surface area contributed by atoms with Gasteiger partial charge in [0.25, 0.3) is 0 Å². The molecule has 0 unspecified atom stereocenters. The number of rotatable bonds is 3. The number of hydrogen-bond acceptors (Lipinski definition) is 3. The van der Waals surface area contributed by atoms with Crippen molar-refractivity contribution in [2.24, 2.45) is 0 Å². The summed E-state index contributed by atoms with van der Waals surface area (Å²) in [6, 6.07) is 11.9. The molecule has 2 aromatic carbocycles. The van der Waals surface area contributed by atoms with Crippen molar-refractivity contribution in [3.8, 4) is 5.75 Å². The summed E-state index contributed by atoms with van der Waals surface area (Å²) in [7, 11) is 0. The van der Waals surface area contributed by atoms with Crippen LogP contribution < -0.4 is 5.32 Å². The lowest BCUT2D eigenvalue weighted by Gasteiger charge is -2.11. The molecule has 0 aliphatic rings. The summed E-state index contributed by atoms with van der Waals surface area (Å²) >= 11 is 6.69. The van der Waals surface area contributed by atoms with Crippen molar-refractivity contribution in [2.45, 2.75) is 6.54 Å². The second kappa shape index (κ2) is 6.03. The Morgan fingerprint density at radius 1 is 1.10 bits per heavy atom. The van der Waals surface area contributed by atoms with Crippen molar-refractivity contribution in [3.63, 3.8) is 0 Å². The fourth-order valence-electron chi connectivity index (χ4n) is 2.18.